The number of aromatic hydroxyl groups is 1. The van der Waals surface area contributed by atoms with Gasteiger partial charge in [0, 0.05) is 11.1 Å². The predicted molar refractivity (Wildman–Crippen MR) is 121 cm³/mol. The molecule has 2 aromatic carbocycles. The van der Waals surface area contributed by atoms with E-state index in [1.54, 1.807) is 0 Å². The zero-order valence-corrected chi connectivity index (χ0v) is 19.1. The van der Waals surface area contributed by atoms with Crippen LogP contribution in [0.4, 0.5) is 4.79 Å². The van der Waals surface area contributed by atoms with Gasteiger partial charge in [-0.15, -0.1) is 0 Å². The van der Waals surface area contributed by atoms with Crippen molar-refractivity contribution in [3.05, 3.63) is 52.1 Å². The molecule has 0 bridgehead atoms. The minimum absolute atomic E-state index is 0.165. The Hall–Kier alpha value is -2.67. The van der Waals surface area contributed by atoms with E-state index in [4.69, 9.17) is 9.47 Å². The van der Waals surface area contributed by atoms with Crippen molar-refractivity contribution in [2.45, 2.75) is 51.9 Å². The molecular formula is C24H28NO5S+. The zero-order valence-electron chi connectivity index (χ0n) is 18.3. The summed E-state index contributed by atoms with van der Waals surface area (Å²) in [5.41, 5.74) is 4.36. The number of hydrogen-bond acceptors (Lipinski definition) is 5. The fourth-order valence-corrected chi connectivity index (χ4v) is 5.68. The summed E-state index contributed by atoms with van der Waals surface area (Å²) in [6.07, 6.45) is 1.63. The van der Waals surface area contributed by atoms with Gasteiger partial charge in [0.2, 0.25) is 0 Å². The molecular weight excluding hydrogens is 414 g/mol. The molecule has 2 unspecified atom stereocenters. The number of phenolic OH excluding ortho intramolecular Hbond substituents is 1. The average molecular weight is 443 g/mol. The van der Waals surface area contributed by atoms with Gasteiger partial charge in [-0.1, -0.05) is 12.1 Å². The summed E-state index contributed by atoms with van der Waals surface area (Å²) < 4.78 is 12.5. The van der Waals surface area contributed by atoms with E-state index >= 15 is 0 Å². The van der Waals surface area contributed by atoms with Crippen LogP contribution < -0.4 is 14.8 Å². The van der Waals surface area contributed by atoms with Crippen molar-refractivity contribution in [1.29, 1.82) is 0 Å². The topological polar surface area (TPSA) is 84.9 Å². The Bertz CT molecular complexity index is 1050. The van der Waals surface area contributed by atoms with Gasteiger partial charge < -0.3 is 14.6 Å². The second-order valence-corrected chi connectivity index (χ2v) is 10.6. The van der Waals surface area contributed by atoms with Crippen LogP contribution >= 0.6 is 0 Å². The van der Waals surface area contributed by atoms with E-state index in [9.17, 15) is 14.7 Å². The second-order valence-electron chi connectivity index (χ2n) is 8.63. The fraction of sp³-hybridized carbons (Fsp3) is 0.417. The maximum atomic E-state index is 11.8. The van der Waals surface area contributed by atoms with Gasteiger partial charge in [0.15, 0.2) is 5.75 Å². The summed E-state index contributed by atoms with van der Waals surface area (Å²) in [5.74, 6) is 2.63. The van der Waals surface area contributed by atoms with Gasteiger partial charge >= 0.3 is 5.24 Å². The Labute approximate surface area is 185 Å². The molecule has 0 aromatic heterocycles. The molecule has 0 spiro atoms. The van der Waals surface area contributed by atoms with Gasteiger partial charge in [-0.3, -0.25) is 4.79 Å². The number of imide groups is 1. The van der Waals surface area contributed by atoms with Crippen LogP contribution in [0.5, 0.6) is 17.2 Å². The number of benzene rings is 2. The lowest BCUT2D eigenvalue weighted by atomic mass is 9.87. The van der Waals surface area contributed by atoms with E-state index in [1.807, 2.05) is 45.0 Å². The molecule has 164 valence electrons. The van der Waals surface area contributed by atoms with E-state index in [2.05, 4.69) is 12.2 Å². The van der Waals surface area contributed by atoms with Crippen molar-refractivity contribution in [1.82, 2.24) is 5.32 Å². The van der Waals surface area contributed by atoms with Crippen LogP contribution in [0.25, 0.3) is 0 Å². The molecule has 2 aliphatic rings. The molecule has 0 saturated carbocycles. The summed E-state index contributed by atoms with van der Waals surface area (Å²) in [5, 5.41) is 12.5. The maximum Gasteiger partial charge on any atom is 0.436 e. The number of ether oxygens (including phenoxy) is 2. The number of carbonyl (C=O) groups is 2. The molecule has 2 amide bonds. The van der Waals surface area contributed by atoms with Crippen LogP contribution in [0.1, 0.15) is 41.2 Å². The number of hydrogen-bond donors (Lipinski definition) is 2. The molecule has 2 heterocycles. The minimum atomic E-state index is -0.581. The first-order valence-corrected chi connectivity index (χ1v) is 12.0. The van der Waals surface area contributed by atoms with Crippen LogP contribution in [-0.2, 0) is 27.9 Å². The number of nitrogens with one attached hydrogen (secondary N) is 1. The van der Waals surface area contributed by atoms with Crippen molar-refractivity contribution < 1.29 is 24.2 Å². The third kappa shape index (κ3) is 4.24. The van der Waals surface area contributed by atoms with Gasteiger partial charge in [0.1, 0.15) is 35.2 Å². The normalized spacial score (nSPS) is 22.6. The molecule has 7 heteroatoms. The third-order valence-electron chi connectivity index (χ3n) is 6.21. The number of phenols is 1. The summed E-state index contributed by atoms with van der Waals surface area (Å²) in [7, 11) is -0.581. The van der Waals surface area contributed by atoms with E-state index < -0.39 is 16.5 Å². The van der Waals surface area contributed by atoms with Crippen LogP contribution in [0.15, 0.2) is 24.3 Å². The maximum absolute atomic E-state index is 11.8. The number of fused-ring (bicyclic) bond motifs is 1. The predicted octanol–water partition coefficient (Wildman–Crippen LogP) is 3.85. The first-order valence-electron chi connectivity index (χ1n) is 10.4. The number of amides is 2. The second kappa shape index (κ2) is 8.11. The van der Waals surface area contributed by atoms with Gasteiger partial charge in [0.05, 0.1) is 10.9 Å². The van der Waals surface area contributed by atoms with E-state index in [-0.39, 0.29) is 16.9 Å². The van der Waals surface area contributed by atoms with Crippen molar-refractivity contribution in [2.24, 2.45) is 0 Å². The Morgan fingerprint density at radius 1 is 1.13 bits per heavy atom. The molecule has 1 saturated heterocycles. The largest absolute Gasteiger partial charge is 0.507 e. The molecule has 4 rings (SSSR count). The third-order valence-corrected chi connectivity index (χ3v) is 8.13. The lowest BCUT2D eigenvalue weighted by Crippen LogP contribution is -2.42. The van der Waals surface area contributed by atoms with Crippen LogP contribution in [0.2, 0.25) is 0 Å². The van der Waals surface area contributed by atoms with E-state index in [0.717, 1.165) is 52.2 Å². The fourth-order valence-electron chi connectivity index (χ4n) is 4.08. The minimum Gasteiger partial charge on any atom is -0.507 e. The SMILES string of the molecule is Cc1c(C)c2c(c(C)c1O)CCC(C)(COc1ccc(C[S+]3CC(=O)NC3=O)cc1)O2. The molecule has 31 heavy (non-hydrogen) atoms. The Kier molecular flexibility index (Phi) is 5.64. The smallest absolute Gasteiger partial charge is 0.436 e. The van der Waals surface area contributed by atoms with Crippen LogP contribution in [0.3, 0.4) is 0 Å². The zero-order chi connectivity index (χ0) is 22.3. The summed E-state index contributed by atoms with van der Waals surface area (Å²) >= 11 is 0. The average Bonchev–Trinajstić information content (AvgIpc) is 3.06. The van der Waals surface area contributed by atoms with Crippen molar-refractivity contribution >= 4 is 22.0 Å². The number of carbonyl (C=O) groups excluding carboxylic acids is 2. The standard InChI is InChI=1S/C24H27NO5S/c1-14-15(2)22-19(16(3)21(14)27)9-10-24(4,30-22)13-29-18-7-5-17(6-8-18)11-31-12-20(26)25-23(31)28/h5-8H,9-13H2,1-4H3,(H-,25,26,27,28)/p+1. The molecule has 0 aliphatic carbocycles. The van der Waals surface area contributed by atoms with E-state index in [0.29, 0.717) is 18.1 Å². The van der Waals surface area contributed by atoms with Gasteiger partial charge in [-0.2, -0.15) is 0 Å². The van der Waals surface area contributed by atoms with Gasteiger partial charge in [-0.05, 0) is 69.4 Å². The molecule has 6 nitrogen and oxygen atoms in total. The Morgan fingerprint density at radius 2 is 1.84 bits per heavy atom. The van der Waals surface area contributed by atoms with Crippen LogP contribution in [0, 0.1) is 20.8 Å². The highest BCUT2D eigenvalue weighted by Gasteiger charge is 2.41. The lowest BCUT2D eigenvalue weighted by molar-refractivity contribution is -0.117. The summed E-state index contributed by atoms with van der Waals surface area (Å²) in [4.78, 5) is 23.1. The number of rotatable bonds is 5. The quantitative estimate of drug-likeness (QED) is 0.687. The van der Waals surface area contributed by atoms with Gasteiger partial charge in [-0.25, -0.2) is 10.1 Å². The lowest BCUT2D eigenvalue weighted by Gasteiger charge is -2.37. The van der Waals surface area contributed by atoms with Crippen molar-refractivity contribution in [2.75, 3.05) is 12.4 Å². The summed E-state index contributed by atoms with van der Waals surface area (Å²) in [6.45, 7) is 8.30. The van der Waals surface area contributed by atoms with Crippen molar-refractivity contribution in [3.8, 4) is 17.2 Å². The highest BCUT2D eigenvalue weighted by Crippen LogP contribution is 2.43. The Morgan fingerprint density at radius 3 is 2.48 bits per heavy atom. The van der Waals surface area contributed by atoms with Crippen molar-refractivity contribution in [3.63, 3.8) is 0 Å². The first-order chi connectivity index (χ1) is 14.7. The highest BCUT2D eigenvalue weighted by atomic mass is 32.2. The van der Waals surface area contributed by atoms with E-state index in [1.165, 1.54) is 0 Å². The van der Waals surface area contributed by atoms with Gasteiger partial charge in [0.25, 0.3) is 5.91 Å². The first kappa shape index (κ1) is 21.6. The highest BCUT2D eigenvalue weighted by molar-refractivity contribution is 8.11. The molecule has 1 fully saturated rings. The molecule has 2 atom stereocenters. The monoisotopic (exact) mass is 442 g/mol. The summed E-state index contributed by atoms with van der Waals surface area (Å²) in [6, 6.07) is 7.67. The molecule has 2 aromatic rings. The molecule has 2 N–H and O–H groups in total. The Balaban J connectivity index is 1.41. The molecule has 0 radical (unpaired) electrons. The van der Waals surface area contributed by atoms with Crippen LogP contribution in [-0.4, -0.2) is 34.2 Å². The molecule has 2 aliphatic heterocycles.